The minimum atomic E-state index is 0.0278. The highest BCUT2D eigenvalue weighted by molar-refractivity contribution is 5.85. The number of rotatable bonds is 8. The number of aryl methyl sites for hydroxylation is 1. The highest BCUT2D eigenvalue weighted by Crippen LogP contribution is 2.20. The van der Waals surface area contributed by atoms with Gasteiger partial charge in [0.2, 0.25) is 11.8 Å². The molecule has 0 N–H and O–H groups in total. The van der Waals surface area contributed by atoms with Crippen molar-refractivity contribution in [3.8, 4) is 11.3 Å². The lowest BCUT2D eigenvalue weighted by Crippen LogP contribution is -2.47. The second kappa shape index (κ2) is 12.0. The first-order chi connectivity index (χ1) is 16.3. The Hall–Kier alpha value is -2.96. The molecule has 0 bridgehead atoms. The van der Waals surface area contributed by atoms with Crippen LogP contribution in [0, 0.1) is 12.8 Å². The van der Waals surface area contributed by atoms with E-state index in [-0.39, 0.29) is 30.3 Å². The average molecular weight is 466 g/mol. The van der Waals surface area contributed by atoms with Crippen molar-refractivity contribution in [2.75, 3.05) is 37.6 Å². The van der Waals surface area contributed by atoms with Gasteiger partial charge in [-0.25, -0.2) is 0 Å². The third-order valence-electron chi connectivity index (χ3n) is 6.50. The summed E-state index contributed by atoms with van der Waals surface area (Å²) in [4.78, 5) is 31.7. The molecule has 7 nitrogen and oxygen atoms in total. The molecule has 184 valence electrons. The van der Waals surface area contributed by atoms with Crippen molar-refractivity contribution in [2.24, 2.45) is 5.92 Å². The summed E-state index contributed by atoms with van der Waals surface area (Å²) in [6, 6.07) is 12.3. The monoisotopic (exact) mass is 465 g/mol. The second-order valence-electron chi connectivity index (χ2n) is 9.74. The van der Waals surface area contributed by atoms with Crippen LogP contribution in [0.3, 0.4) is 0 Å². The lowest BCUT2D eigenvalue weighted by Gasteiger charge is -2.31. The number of nitrogens with zero attached hydrogens (tertiary/aromatic N) is 5. The molecule has 0 spiro atoms. The topological polar surface area (TPSA) is 69.6 Å². The van der Waals surface area contributed by atoms with Crippen molar-refractivity contribution in [1.29, 1.82) is 0 Å². The summed E-state index contributed by atoms with van der Waals surface area (Å²) in [5.41, 5.74) is 3.12. The first kappa shape index (κ1) is 25.7. The Kier molecular flexibility index (Phi) is 9.02. The Morgan fingerprint density at radius 3 is 2.32 bits per heavy atom. The van der Waals surface area contributed by atoms with Gasteiger partial charge >= 0.3 is 0 Å². The van der Waals surface area contributed by atoms with Gasteiger partial charge in [0.05, 0.1) is 12.2 Å². The van der Waals surface area contributed by atoms with Crippen molar-refractivity contribution in [2.45, 2.75) is 59.9 Å². The maximum Gasteiger partial charge on any atom is 0.242 e. The fraction of sp³-hybridized carbons (Fsp3) is 0.556. The molecule has 1 aliphatic rings. The van der Waals surface area contributed by atoms with Crippen LogP contribution in [0.15, 0.2) is 36.4 Å². The molecule has 34 heavy (non-hydrogen) atoms. The van der Waals surface area contributed by atoms with Crippen LogP contribution < -0.4 is 4.90 Å². The van der Waals surface area contributed by atoms with E-state index in [9.17, 15) is 9.59 Å². The quantitative estimate of drug-likeness (QED) is 0.585. The van der Waals surface area contributed by atoms with Crippen LogP contribution >= 0.6 is 0 Å². The molecule has 2 heterocycles. The van der Waals surface area contributed by atoms with Crippen molar-refractivity contribution in [3.63, 3.8) is 0 Å². The standard InChI is InChI=1S/C27H39N5O2/c1-6-22(5)32(26(33)18-20(2)3)19-27(34)31-15-7-14-30(16-17-31)25-13-12-24(28-29-25)23-10-8-21(4)9-11-23/h8-13,20,22H,6-7,14-19H2,1-5H3. The molecule has 3 rings (SSSR count). The number of amides is 2. The molecule has 0 saturated carbocycles. The Balaban J connectivity index is 1.61. The molecule has 1 saturated heterocycles. The molecule has 7 heteroatoms. The van der Waals surface area contributed by atoms with E-state index >= 15 is 0 Å². The Labute approximate surface area is 204 Å². The molecule has 1 fully saturated rings. The molecule has 1 atom stereocenters. The van der Waals surface area contributed by atoms with Gasteiger partial charge in [0.15, 0.2) is 5.82 Å². The van der Waals surface area contributed by atoms with E-state index in [0.717, 1.165) is 36.5 Å². The molecule has 2 amide bonds. The van der Waals surface area contributed by atoms with E-state index in [1.165, 1.54) is 5.56 Å². The van der Waals surface area contributed by atoms with Crippen LogP contribution in [0.1, 0.15) is 52.5 Å². The maximum absolute atomic E-state index is 13.1. The number of carbonyl (C=O) groups excluding carboxylic acids is 2. The first-order valence-corrected chi connectivity index (χ1v) is 12.5. The number of hydrogen-bond donors (Lipinski definition) is 0. The zero-order chi connectivity index (χ0) is 24.7. The predicted molar refractivity (Wildman–Crippen MR) is 137 cm³/mol. The summed E-state index contributed by atoms with van der Waals surface area (Å²) in [6.07, 6.45) is 2.17. The molecule has 1 aromatic carbocycles. The summed E-state index contributed by atoms with van der Waals surface area (Å²) in [5.74, 6) is 1.20. The van der Waals surface area contributed by atoms with E-state index in [0.29, 0.717) is 26.1 Å². The maximum atomic E-state index is 13.1. The second-order valence-corrected chi connectivity index (χ2v) is 9.74. The zero-order valence-electron chi connectivity index (χ0n) is 21.3. The van der Waals surface area contributed by atoms with Crippen LogP contribution in [0.25, 0.3) is 11.3 Å². The summed E-state index contributed by atoms with van der Waals surface area (Å²) < 4.78 is 0. The SMILES string of the molecule is CCC(C)N(CC(=O)N1CCCN(c2ccc(-c3ccc(C)cc3)nn2)CC1)C(=O)CC(C)C. The fourth-order valence-corrected chi connectivity index (χ4v) is 4.19. The minimum Gasteiger partial charge on any atom is -0.353 e. The van der Waals surface area contributed by atoms with Crippen LogP contribution in [0.4, 0.5) is 5.82 Å². The minimum absolute atomic E-state index is 0.0278. The highest BCUT2D eigenvalue weighted by atomic mass is 16.2. The zero-order valence-corrected chi connectivity index (χ0v) is 21.3. The lowest BCUT2D eigenvalue weighted by molar-refractivity contribution is -0.142. The van der Waals surface area contributed by atoms with Crippen molar-refractivity contribution < 1.29 is 9.59 Å². The lowest BCUT2D eigenvalue weighted by atomic mass is 10.1. The van der Waals surface area contributed by atoms with E-state index < -0.39 is 0 Å². The predicted octanol–water partition coefficient (Wildman–Crippen LogP) is 4.16. The van der Waals surface area contributed by atoms with Crippen molar-refractivity contribution >= 4 is 17.6 Å². The first-order valence-electron chi connectivity index (χ1n) is 12.5. The van der Waals surface area contributed by atoms with Gasteiger partial charge in [-0.05, 0) is 44.7 Å². The van der Waals surface area contributed by atoms with Crippen LogP contribution in [0.2, 0.25) is 0 Å². The smallest absolute Gasteiger partial charge is 0.242 e. The number of hydrogen-bond acceptors (Lipinski definition) is 5. The van der Waals surface area contributed by atoms with Gasteiger partial charge in [-0.15, -0.1) is 10.2 Å². The Morgan fingerprint density at radius 2 is 1.71 bits per heavy atom. The summed E-state index contributed by atoms with van der Waals surface area (Å²) >= 11 is 0. The van der Waals surface area contributed by atoms with Crippen LogP contribution in [0.5, 0.6) is 0 Å². The normalized spacial score (nSPS) is 15.2. The molecule has 1 aliphatic heterocycles. The third kappa shape index (κ3) is 6.78. The van der Waals surface area contributed by atoms with Crippen molar-refractivity contribution in [1.82, 2.24) is 20.0 Å². The summed E-state index contributed by atoms with van der Waals surface area (Å²) in [6.45, 7) is 13.2. The van der Waals surface area contributed by atoms with Crippen LogP contribution in [-0.2, 0) is 9.59 Å². The number of aromatic nitrogens is 2. The molecular formula is C27H39N5O2. The number of carbonyl (C=O) groups is 2. The van der Waals surface area contributed by atoms with Gasteiger partial charge < -0.3 is 14.7 Å². The van der Waals surface area contributed by atoms with E-state index in [2.05, 4.69) is 53.2 Å². The third-order valence-corrected chi connectivity index (χ3v) is 6.50. The largest absolute Gasteiger partial charge is 0.353 e. The summed E-state index contributed by atoms with van der Waals surface area (Å²) in [5, 5.41) is 8.90. The molecule has 1 unspecified atom stereocenters. The van der Waals surface area contributed by atoms with Gasteiger partial charge in [-0.3, -0.25) is 9.59 Å². The van der Waals surface area contributed by atoms with Crippen LogP contribution in [-0.4, -0.2) is 70.6 Å². The molecule has 1 aromatic heterocycles. The number of anilines is 1. The fourth-order valence-electron chi connectivity index (χ4n) is 4.19. The average Bonchev–Trinajstić information content (AvgIpc) is 3.08. The number of benzene rings is 1. The van der Waals surface area contributed by atoms with Gasteiger partial charge in [-0.1, -0.05) is 50.6 Å². The van der Waals surface area contributed by atoms with Gasteiger partial charge in [0.25, 0.3) is 0 Å². The van der Waals surface area contributed by atoms with Crippen molar-refractivity contribution in [3.05, 3.63) is 42.0 Å². The Bertz CT molecular complexity index is 942. The van der Waals surface area contributed by atoms with E-state index in [1.807, 2.05) is 37.8 Å². The van der Waals surface area contributed by atoms with E-state index in [4.69, 9.17) is 0 Å². The summed E-state index contributed by atoms with van der Waals surface area (Å²) in [7, 11) is 0. The van der Waals surface area contributed by atoms with Gasteiger partial charge in [-0.2, -0.15) is 0 Å². The van der Waals surface area contributed by atoms with Gasteiger partial charge in [0, 0.05) is 44.2 Å². The molecule has 0 aliphatic carbocycles. The van der Waals surface area contributed by atoms with E-state index in [1.54, 1.807) is 4.90 Å². The van der Waals surface area contributed by atoms with Gasteiger partial charge in [0.1, 0.15) is 0 Å². The molecule has 0 radical (unpaired) electrons. The highest BCUT2D eigenvalue weighted by Gasteiger charge is 2.26. The molecular weight excluding hydrogens is 426 g/mol. The Morgan fingerprint density at radius 1 is 0.971 bits per heavy atom. The molecule has 2 aromatic rings.